The van der Waals surface area contributed by atoms with Gasteiger partial charge in [0.25, 0.3) is 11.5 Å². The Morgan fingerprint density at radius 3 is 2.47 bits per heavy atom. The van der Waals surface area contributed by atoms with Crippen LogP contribution in [0.5, 0.6) is 0 Å². The number of benzene rings is 2. The third-order valence-electron chi connectivity index (χ3n) is 3.30. The van der Waals surface area contributed by atoms with Gasteiger partial charge in [-0.3, -0.25) is 4.79 Å². The number of aliphatic hydroxyl groups is 1. The highest BCUT2D eigenvalue weighted by atomic mass is 19.4. The molecule has 0 aromatic heterocycles. The van der Waals surface area contributed by atoms with Gasteiger partial charge in [0.15, 0.2) is 0 Å². The summed E-state index contributed by atoms with van der Waals surface area (Å²) in [5.41, 5.74) is -3.92. The lowest BCUT2D eigenvalue weighted by molar-refractivity contribution is -0.252. The topological polar surface area (TPSA) is 49.3 Å². The van der Waals surface area contributed by atoms with E-state index in [1.54, 1.807) is 24.3 Å². The summed E-state index contributed by atoms with van der Waals surface area (Å²) in [6.07, 6.45) is -5.06. The van der Waals surface area contributed by atoms with Crippen molar-refractivity contribution in [3.05, 3.63) is 42.0 Å². The second-order valence-corrected chi connectivity index (χ2v) is 4.37. The molecule has 2 N–H and O–H groups in total. The molecule has 1 aliphatic rings. The van der Waals surface area contributed by atoms with Crippen molar-refractivity contribution in [1.82, 2.24) is 0 Å². The lowest BCUT2D eigenvalue weighted by Crippen LogP contribution is -2.47. The van der Waals surface area contributed by atoms with Gasteiger partial charge >= 0.3 is 6.18 Å². The van der Waals surface area contributed by atoms with Gasteiger partial charge in [0.1, 0.15) is 0 Å². The zero-order chi connectivity index (χ0) is 13.8. The van der Waals surface area contributed by atoms with Gasteiger partial charge in [-0.05, 0) is 5.39 Å². The Labute approximate surface area is 105 Å². The van der Waals surface area contributed by atoms with Gasteiger partial charge in [-0.1, -0.05) is 36.4 Å². The van der Waals surface area contributed by atoms with Crippen LogP contribution in [0.15, 0.2) is 36.4 Å². The van der Waals surface area contributed by atoms with Gasteiger partial charge in [0.05, 0.1) is 5.69 Å². The predicted molar refractivity (Wildman–Crippen MR) is 62.5 cm³/mol. The molecule has 0 bridgehead atoms. The fraction of sp³-hybridized carbons (Fsp3) is 0.154. The van der Waals surface area contributed by atoms with Gasteiger partial charge in [-0.25, -0.2) is 0 Å². The number of alkyl halides is 3. The highest BCUT2D eigenvalue weighted by Crippen LogP contribution is 2.48. The summed E-state index contributed by atoms with van der Waals surface area (Å²) >= 11 is 0. The van der Waals surface area contributed by atoms with Crippen LogP contribution in [0.1, 0.15) is 5.56 Å². The molecule has 1 unspecified atom stereocenters. The largest absolute Gasteiger partial charge is 0.430 e. The lowest BCUT2D eigenvalue weighted by atomic mass is 9.92. The summed E-state index contributed by atoms with van der Waals surface area (Å²) in [5, 5.41) is 13.1. The van der Waals surface area contributed by atoms with E-state index in [0.717, 1.165) is 6.07 Å². The quantitative estimate of drug-likeness (QED) is 0.770. The van der Waals surface area contributed by atoms with Crippen LogP contribution in [-0.2, 0) is 10.4 Å². The molecule has 0 spiro atoms. The summed E-state index contributed by atoms with van der Waals surface area (Å²) in [5.74, 6) is -1.47. The molecule has 3 rings (SSSR count). The first-order chi connectivity index (χ1) is 8.85. The Hall–Kier alpha value is -2.08. The maximum absolute atomic E-state index is 13.0. The fourth-order valence-electron chi connectivity index (χ4n) is 2.32. The van der Waals surface area contributed by atoms with Crippen molar-refractivity contribution in [1.29, 1.82) is 0 Å². The van der Waals surface area contributed by atoms with Crippen molar-refractivity contribution in [2.24, 2.45) is 0 Å². The second-order valence-electron chi connectivity index (χ2n) is 4.37. The first-order valence-corrected chi connectivity index (χ1v) is 5.48. The maximum Gasteiger partial charge on any atom is 0.430 e. The van der Waals surface area contributed by atoms with Crippen LogP contribution in [-0.4, -0.2) is 17.2 Å². The number of hydrogen-bond donors (Lipinski definition) is 2. The molecule has 1 amide bonds. The molecule has 98 valence electrons. The smallest absolute Gasteiger partial charge is 0.368 e. The third kappa shape index (κ3) is 1.40. The van der Waals surface area contributed by atoms with Crippen molar-refractivity contribution < 1.29 is 23.1 Å². The molecule has 3 nitrogen and oxygen atoms in total. The predicted octanol–water partition coefficient (Wildman–Crippen LogP) is 2.54. The van der Waals surface area contributed by atoms with Crippen LogP contribution in [0.4, 0.5) is 18.9 Å². The number of amides is 1. The molecular formula is C13H8F3NO2. The summed E-state index contributed by atoms with van der Waals surface area (Å²) in [6.45, 7) is 0. The molecule has 0 saturated carbocycles. The zero-order valence-corrected chi connectivity index (χ0v) is 9.45. The van der Waals surface area contributed by atoms with Gasteiger partial charge < -0.3 is 10.4 Å². The number of hydrogen-bond acceptors (Lipinski definition) is 2. The lowest BCUT2D eigenvalue weighted by Gasteiger charge is -2.23. The number of nitrogens with one attached hydrogen (secondary N) is 1. The van der Waals surface area contributed by atoms with E-state index in [0.29, 0.717) is 10.8 Å². The van der Waals surface area contributed by atoms with Gasteiger partial charge in [0.2, 0.25) is 0 Å². The Bertz CT molecular complexity index is 696. The molecule has 0 saturated heterocycles. The Morgan fingerprint density at radius 2 is 1.79 bits per heavy atom. The van der Waals surface area contributed by atoms with Crippen LogP contribution in [0, 0.1) is 0 Å². The number of anilines is 1. The summed E-state index contributed by atoms with van der Waals surface area (Å²) in [6, 6.07) is 9.28. The SMILES string of the molecule is O=C1Nc2c(ccc3ccccc23)C1(O)C(F)(F)F. The Balaban J connectivity index is 2.35. The number of halogens is 3. The molecule has 2 aromatic rings. The average molecular weight is 267 g/mol. The number of carbonyl (C=O) groups excluding carboxylic acids is 1. The Morgan fingerprint density at radius 1 is 1.11 bits per heavy atom. The number of fused-ring (bicyclic) bond motifs is 3. The highest BCUT2D eigenvalue weighted by molar-refractivity contribution is 6.13. The maximum atomic E-state index is 13.0. The number of rotatable bonds is 0. The van der Waals surface area contributed by atoms with E-state index in [-0.39, 0.29) is 5.69 Å². The van der Waals surface area contributed by atoms with Crippen LogP contribution in [0.3, 0.4) is 0 Å². The summed E-state index contributed by atoms with van der Waals surface area (Å²) in [7, 11) is 0. The van der Waals surface area contributed by atoms with E-state index in [9.17, 15) is 23.1 Å². The molecule has 2 aromatic carbocycles. The fourth-order valence-corrected chi connectivity index (χ4v) is 2.32. The number of carbonyl (C=O) groups is 1. The molecule has 6 heteroatoms. The first kappa shape index (κ1) is 12.0. The monoisotopic (exact) mass is 267 g/mol. The van der Waals surface area contributed by atoms with Gasteiger partial charge in [0, 0.05) is 10.9 Å². The van der Waals surface area contributed by atoms with E-state index in [2.05, 4.69) is 5.32 Å². The zero-order valence-electron chi connectivity index (χ0n) is 9.45. The molecule has 1 heterocycles. The highest BCUT2D eigenvalue weighted by Gasteiger charge is 2.64. The first-order valence-electron chi connectivity index (χ1n) is 5.48. The molecule has 1 atom stereocenters. The minimum absolute atomic E-state index is 0.0166. The normalized spacial score (nSPS) is 22.4. The van der Waals surface area contributed by atoms with Crippen LogP contribution in [0.25, 0.3) is 10.8 Å². The van der Waals surface area contributed by atoms with Crippen molar-refractivity contribution >= 4 is 22.4 Å². The molecule has 0 fully saturated rings. The molecule has 0 radical (unpaired) electrons. The minimum atomic E-state index is -5.06. The van der Waals surface area contributed by atoms with Crippen LogP contribution in [0.2, 0.25) is 0 Å². The minimum Gasteiger partial charge on any atom is -0.368 e. The summed E-state index contributed by atoms with van der Waals surface area (Å²) < 4.78 is 38.9. The van der Waals surface area contributed by atoms with Crippen molar-refractivity contribution in [2.45, 2.75) is 11.8 Å². The van der Waals surface area contributed by atoms with Crippen molar-refractivity contribution in [3.8, 4) is 0 Å². The van der Waals surface area contributed by atoms with Crippen molar-refractivity contribution in [3.63, 3.8) is 0 Å². The van der Waals surface area contributed by atoms with Gasteiger partial charge in [-0.2, -0.15) is 13.2 Å². The van der Waals surface area contributed by atoms with Crippen LogP contribution >= 0.6 is 0 Å². The summed E-state index contributed by atoms with van der Waals surface area (Å²) in [4.78, 5) is 11.6. The molecule has 19 heavy (non-hydrogen) atoms. The molecule has 1 aliphatic heterocycles. The molecular weight excluding hydrogens is 259 g/mol. The van der Waals surface area contributed by atoms with Gasteiger partial charge in [-0.15, -0.1) is 0 Å². The van der Waals surface area contributed by atoms with Crippen LogP contribution < -0.4 is 5.32 Å². The van der Waals surface area contributed by atoms with Crippen molar-refractivity contribution in [2.75, 3.05) is 5.32 Å². The third-order valence-corrected chi connectivity index (χ3v) is 3.30. The van der Waals surface area contributed by atoms with E-state index in [1.165, 1.54) is 6.07 Å². The standard InChI is InChI=1S/C13H8F3NO2/c14-13(15,16)12(19)9-6-5-7-3-1-2-4-8(7)10(9)17-11(12)18/h1-6,19H,(H,17,18). The average Bonchev–Trinajstić information content (AvgIpc) is 2.63. The van der Waals surface area contributed by atoms with E-state index < -0.39 is 23.2 Å². The van der Waals surface area contributed by atoms with E-state index in [1.807, 2.05) is 0 Å². The van der Waals surface area contributed by atoms with E-state index in [4.69, 9.17) is 0 Å². The van der Waals surface area contributed by atoms with E-state index >= 15 is 0 Å². The second kappa shape index (κ2) is 3.48. The Kier molecular flexibility index (Phi) is 2.19. The molecule has 0 aliphatic carbocycles.